The molecule has 4 atom stereocenters. The molecule has 0 aromatic carbocycles. The molecule has 1 aliphatic heterocycles. The molecule has 23 heavy (non-hydrogen) atoms. The fourth-order valence-corrected chi connectivity index (χ4v) is 3.00. The molecule has 1 rings (SSSR count). The molecule has 0 spiro atoms. The SMILES string of the molecule is CCC1CCC(O)(C(C)CCCC(C)/C=C/C=C/C(=O)O)OC1. The molecule has 132 valence electrons. The molecular formula is C19H32O4. The third kappa shape index (κ3) is 7.32. The Hall–Kier alpha value is -1.13. The van der Waals surface area contributed by atoms with Crippen molar-refractivity contribution < 1.29 is 19.7 Å². The summed E-state index contributed by atoms with van der Waals surface area (Å²) >= 11 is 0. The third-order valence-electron chi connectivity index (χ3n) is 4.91. The minimum atomic E-state index is -0.949. The van der Waals surface area contributed by atoms with Gasteiger partial charge in [0.2, 0.25) is 0 Å². The first-order valence-corrected chi connectivity index (χ1v) is 8.81. The van der Waals surface area contributed by atoms with Crippen LogP contribution in [0, 0.1) is 17.8 Å². The van der Waals surface area contributed by atoms with E-state index in [2.05, 4.69) is 20.8 Å². The van der Waals surface area contributed by atoms with E-state index in [1.165, 1.54) is 0 Å². The second-order valence-electron chi connectivity index (χ2n) is 6.86. The number of hydrogen-bond acceptors (Lipinski definition) is 3. The average molecular weight is 324 g/mol. The van der Waals surface area contributed by atoms with Gasteiger partial charge in [0, 0.05) is 18.4 Å². The van der Waals surface area contributed by atoms with E-state index >= 15 is 0 Å². The molecule has 1 aliphatic rings. The van der Waals surface area contributed by atoms with Crippen LogP contribution in [0.25, 0.3) is 0 Å². The zero-order valence-corrected chi connectivity index (χ0v) is 14.7. The van der Waals surface area contributed by atoms with E-state index in [0.717, 1.165) is 44.6 Å². The maximum Gasteiger partial charge on any atom is 0.328 e. The lowest BCUT2D eigenvalue weighted by Gasteiger charge is -2.40. The predicted octanol–water partition coefficient (Wildman–Crippen LogP) is 4.15. The van der Waals surface area contributed by atoms with Gasteiger partial charge in [-0.25, -0.2) is 4.79 Å². The summed E-state index contributed by atoms with van der Waals surface area (Å²) < 4.78 is 5.77. The molecule has 0 aromatic rings. The van der Waals surface area contributed by atoms with E-state index < -0.39 is 11.8 Å². The van der Waals surface area contributed by atoms with Gasteiger partial charge in [-0.15, -0.1) is 0 Å². The number of allylic oxidation sites excluding steroid dienone is 3. The molecule has 2 N–H and O–H groups in total. The molecule has 0 amide bonds. The van der Waals surface area contributed by atoms with Crippen molar-refractivity contribution in [2.24, 2.45) is 17.8 Å². The standard InChI is InChI=1S/C19H32O4/c1-4-17-12-13-19(22,23-14-17)16(3)10-7-9-15(2)8-5-6-11-18(20)21/h5-6,8,11,15-17,22H,4,7,9-10,12-14H2,1-3H3,(H,20,21)/b8-5+,11-6+. The zero-order chi connectivity index (χ0) is 17.3. The van der Waals surface area contributed by atoms with Crippen LogP contribution in [0.2, 0.25) is 0 Å². The first-order chi connectivity index (χ1) is 10.9. The quantitative estimate of drug-likeness (QED) is 0.494. The van der Waals surface area contributed by atoms with Gasteiger partial charge in [0.15, 0.2) is 5.79 Å². The lowest BCUT2D eigenvalue weighted by atomic mass is 9.85. The molecule has 0 radical (unpaired) electrons. The fourth-order valence-electron chi connectivity index (χ4n) is 3.00. The molecule has 1 heterocycles. The number of carbonyl (C=O) groups is 1. The van der Waals surface area contributed by atoms with Gasteiger partial charge in [-0.05, 0) is 31.1 Å². The summed E-state index contributed by atoms with van der Waals surface area (Å²) in [7, 11) is 0. The smallest absolute Gasteiger partial charge is 0.328 e. The van der Waals surface area contributed by atoms with Crippen LogP contribution >= 0.6 is 0 Å². The number of rotatable bonds is 9. The molecule has 1 saturated heterocycles. The molecule has 0 aliphatic carbocycles. The maximum atomic E-state index is 10.6. The van der Waals surface area contributed by atoms with Gasteiger partial charge in [0.05, 0.1) is 6.61 Å². The summed E-state index contributed by atoms with van der Waals surface area (Å²) in [5.41, 5.74) is 0. The first kappa shape index (κ1) is 19.9. The van der Waals surface area contributed by atoms with E-state index in [1.807, 2.05) is 6.08 Å². The maximum absolute atomic E-state index is 10.6. The first-order valence-electron chi connectivity index (χ1n) is 8.81. The third-order valence-corrected chi connectivity index (χ3v) is 4.91. The Balaban J connectivity index is 2.28. The van der Waals surface area contributed by atoms with Crippen molar-refractivity contribution in [2.75, 3.05) is 6.61 Å². The lowest BCUT2D eigenvalue weighted by Crippen LogP contribution is -2.44. The van der Waals surface area contributed by atoms with Crippen LogP contribution in [-0.4, -0.2) is 28.6 Å². The van der Waals surface area contributed by atoms with Gasteiger partial charge >= 0.3 is 5.97 Å². The Morgan fingerprint density at radius 3 is 2.65 bits per heavy atom. The minimum Gasteiger partial charge on any atom is -0.478 e. The summed E-state index contributed by atoms with van der Waals surface area (Å²) in [6, 6.07) is 0. The Morgan fingerprint density at radius 1 is 1.35 bits per heavy atom. The van der Waals surface area contributed by atoms with E-state index in [-0.39, 0.29) is 5.92 Å². The summed E-state index contributed by atoms with van der Waals surface area (Å²) in [5.74, 6) is -0.751. The topological polar surface area (TPSA) is 66.8 Å². The number of aliphatic hydroxyl groups is 1. The van der Waals surface area contributed by atoms with Crippen LogP contribution < -0.4 is 0 Å². The van der Waals surface area contributed by atoms with Crippen LogP contribution in [0.5, 0.6) is 0 Å². The largest absolute Gasteiger partial charge is 0.478 e. The van der Waals surface area contributed by atoms with Crippen LogP contribution in [0.15, 0.2) is 24.3 Å². The molecular weight excluding hydrogens is 292 g/mol. The molecule has 4 heteroatoms. The van der Waals surface area contributed by atoms with Crippen LogP contribution in [-0.2, 0) is 9.53 Å². The van der Waals surface area contributed by atoms with Crippen LogP contribution in [0.1, 0.15) is 59.3 Å². The Kier molecular flexibility index (Phi) is 8.56. The highest BCUT2D eigenvalue weighted by Crippen LogP contribution is 2.35. The van der Waals surface area contributed by atoms with Crippen molar-refractivity contribution >= 4 is 5.97 Å². The summed E-state index contributed by atoms with van der Waals surface area (Å²) in [4.78, 5) is 10.4. The van der Waals surface area contributed by atoms with Gasteiger partial charge in [0.1, 0.15) is 0 Å². The van der Waals surface area contributed by atoms with Crippen LogP contribution in [0.3, 0.4) is 0 Å². The minimum absolute atomic E-state index is 0.142. The van der Waals surface area contributed by atoms with Crippen molar-refractivity contribution in [2.45, 2.75) is 65.1 Å². The number of carboxylic acid groups (broad SMARTS) is 1. The Labute approximate surface area is 140 Å². The Morgan fingerprint density at radius 2 is 2.09 bits per heavy atom. The van der Waals surface area contributed by atoms with E-state index in [9.17, 15) is 9.90 Å². The molecule has 0 aromatic heterocycles. The van der Waals surface area contributed by atoms with Crippen molar-refractivity contribution in [1.29, 1.82) is 0 Å². The van der Waals surface area contributed by atoms with Gasteiger partial charge in [-0.3, -0.25) is 0 Å². The van der Waals surface area contributed by atoms with Crippen molar-refractivity contribution in [1.82, 2.24) is 0 Å². The average Bonchev–Trinajstić information content (AvgIpc) is 2.52. The summed E-state index contributed by atoms with van der Waals surface area (Å²) in [6.07, 6.45) is 12.4. The normalized spacial score (nSPS) is 28.3. The van der Waals surface area contributed by atoms with Crippen LogP contribution in [0.4, 0.5) is 0 Å². The zero-order valence-electron chi connectivity index (χ0n) is 14.7. The van der Waals surface area contributed by atoms with E-state index in [1.54, 1.807) is 12.2 Å². The van der Waals surface area contributed by atoms with Gasteiger partial charge < -0.3 is 14.9 Å². The lowest BCUT2D eigenvalue weighted by molar-refractivity contribution is -0.264. The molecule has 4 nitrogen and oxygen atoms in total. The molecule has 0 bridgehead atoms. The second-order valence-corrected chi connectivity index (χ2v) is 6.86. The molecule has 1 fully saturated rings. The predicted molar refractivity (Wildman–Crippen MR) is 92.0 cm³/mol. The fraction of sp³-hybridized carbons (Fsp3) is 0.737. The molecule has 4 unspecified atom stereocenters. The Bertz CT molecular complexity index is 406. The number of hydrogen-bond donors (Lipinski definition) is 2. The highest BCUT2D eigenvalue weighted by Gasteiger charge is 2.38. The number of ether oxygens (including phenoxy) is 1. The monoisotopic (exact) mass is 324 g/mol. The summed E-state index contributed by atoms with van der Waals surface area (Å²) in [6.45, 7) is 7.03. The van der Waals surface area contributed by atoms with Gasteiger partial charge in [0.25, 0.3) is 0 Å². The summed E-state index contributed by atoms with van der Waals surface area (Å²) in [5, 5.41) is 19.1. The van der Waals surface area contributed by atoms with Gasteiger partial charge in [-0.2, -0.15) is 0 Å². The van der Waals surface area contributed by atoms with Crippen molar-refractivity contribution in [3.8, 4) is 0 Å². The highest BCUT2D eigenvalue weighted by molar-refractivity contribution is 5.80. The highest BCUT2D eigenvalue weighted by atomic mass is 16.6. The van der Waals surface area contributed by atoms with E-state index in [4.69, 9.17) is 9.84 Å². The van der Waals surface area contributed by atoms with Gasteiger partial charge in [-0.1, -0.05) is 51.8 Å². The number of aliphatic carboxylic acids is 1. The number of carboxylic acids is 1. The van der Waals surface area contributed by atoms with Crippen molar-refractivity contribution in [3.63, 3.8) is 0 Å². The molecule has 0 saturated carbocycles. The van der Waals surface area contributed by atoms with Crippen molar-refractivity contribution in [3.05, 3.63) is 24.3 Å². The second kappa shape index (κ2) is 9.89. The van der Waals surface area contributed by atoms with E-state index in [0.29, 0.717) is 18.4 Å².